The highest BCUT2D eigenvalue weighted by atomic mass is 16.4. The molecule has 3 nitrogen and oxygen atoms in total. The number of carboxylic acids is 1. The fourth-order valence-electron chi connectivity index (χ4n) is 3.10. The van der Waals surface area contributed by atoms with E-state index in [9.17, 15) is 15.0 Å². The van der Waals surface area contributed by atoms with Gasteiger partial charge in [-0.1, -0.05) is 37.3 Å². The minimum absolute atomic E-state index is 0.547. The zero-order valence-corrected chi connectivity index (χ0v) is 11.6. The van der Waals surface area contributed by atoms with Crippen LogP contribution in [0.2, 0.25) is 0 Å². The number of hydrogen-bond donors (Lipinski definition) is 2. The molecule has 2 N–H and O–H groups in total. The summed E-state index contributed by atoms with van der Waals surface area (Å²) in [5.74, 6) is -0.384. The smallest absolute Gasteiger partial charge is 0.316 e. The number of rotatable bonds is 3. The lowest BCUT2D eigenvalue weighted by Gasteiger charge is -2.46. The summed E-state index contributed by atoms with van der Waals surface area (Å²) in [7, 11) is 0. The predicted molar refractivity (Wildman–Crippen MR) is 74.0 cm³/mol. The van der Waals surface area contributed by atoms with E-state index in [-0.39, 0.29) is 0 Å². The Morgan fingerprint density at radius 3 is 2.26 bits per heavy atom. The normalized spacial score (nSPS) is 30.6. The van der Waals surface area contributed by atoms with Crippen LogP contribution in [-0.2, 0) is 10.2 Å². The van der Waals surface area contributed by atoms with Crippen LogP contribution in [0.25, 0.3) is 0 Å². The topological polar surface area (TPSA) is 57.5 Å². The quantitative estimate of drug-likeness (QED) is 0.880. The van der Waals surface area contributed by atoms with E-state index >= 15 is 0 Å². The van der Waals surface area contributed by atoms with E-state index in [4.69, 9.17) is 0 Å². The molecule has 1 aliphatic carbocycles. The lowest BCUT2D eigenvalue weighted by Crippen LogP contribution is -2.56. The molecule has 0 saturated heterocycles. The van der Waals surface area contributed by atoms with Gasteiger partial charge >= 0.3 is 5.97 Å². The van der Waals surface area contributed by atoms with Crippen molar-refractivity contribution in [2.45, 2.75) is 50.5 Å². The minimum atomic E-state index is -1.24. The molecule has 19 heavy (non-hydrogen) atoms. The molecule has 0 aromatic heterocycles. The Kier molecular flexibility index (Phi) is 3.68. The number of carboxylic acid groups (broad SMARTS) is 1. The first-order chi connectivity index (χ1) is 8.90. The van der Waals surface area contributed by atoms with Crippen molar-refractivity contribution in [2.75, 3.05) is 0 Å². The zero-order valence-electron chi connectivity index (χ0n) is 11.6. The average Bonchev–Trinajstić information content (AvgIpc) is 2.42. The van der Waals surface area contributed by atoms with Gasteiger partial charge in [0.25, 0.3) is 0 Å². The second-order valence-electron chi connectivity index (χ2n) is 6.01. The maximum absolute atomic E-state index is 11.8. The van der Waals surface area contributed by atoms with Crippen molar-refractivity contribution < 1.29 is 15.0 Å². The second-order valence-corrected chi connectivity index (χ2v) is 6.01. The summed E-state index contributed by atoms with van der Waals surface area (Å²) < 4.78 is 0. The summed E-state index contributed by atoms with van der Waals surface area (Å²) >= 11 is 0. The third-order valence-corrected chi connectivity index (χ3v) is 4.81. The monoisotopic (exact) mass is 262 g/mol. The number of aliphatic hydroxyl groups is 1. The van der Waals surface area contributed by atoms with E-state index in [0.29, 0.717) is 24.3 Å². The first kappa shape index (κ1) is 14.1. The molecule has 0 amide bonds. The minimum Gasteiger partial charge on any atom is -0.481 e. The number of carbonyl (C=O) groups is 1. The van der Waals surface area contributed by atoms with E-state index in [0.717, 1.165) is 12.8 Å². The van der Waals surface area contributed by atoms with Crippen LogP contribution in [0, 0.1) is 5.92 Å². The summed E-state index contributed by atoms with van der Waals surface area (Å²) in [5.41, 5.74) is -1.72. The molecule has 1 aliphatic rings. The van der Waals surface area contributed by atoms with Gasteiger partial charge in [0, 0.05) is 0 Å². The molecule has 1 saturated carbocycles. The molecule has 3 heteroatoms. The Bertz CT molecular complexity index is 446. The molecule has 0 bridgehead atoms. The van der Waals surface area contributed by atoms with Gasteiger partial charge in [0.05, 0.1) is 5.60 Å². The number of aliphatic carboxylic acids is 1. The van der Waals surface area contributed by atoms with E-state index < -0.39 is 17.0 Å². The van der Waals surface area contributed by atoms with E-state index in [1.165, 1.54) is 0 Å². The molecule has 1 fully saturated rings. The van der Waals surface area contributed by atoms with Gasteiger partial charge in [0.2, 0.25) is 0 Å². The third kappa shape index (κ3) is 2.27. The Labute approximate surface area is 114 Å². The fraction of sp³-hybridized carbons (Fsp3) is 0.562. The van der Waals surface area contributed by atoms with Crippen molar-refractivity contribution in [3.8, 4) is 0 Å². The largest absolute Gasteiger partial charge is 0.481 e. The van der Waals surface area contributed by atoms with Crippen LogP contribution in [0.15, 0.2) is 30.3 Å². The van der Waals surface area contributed by atoms with Crippen LogP contribution >= 0.6 is 0 Å². The van der Waals surface area contributed by atoms with Crippen molar-refractivity contribution in [1.82, 2.24) is 0 Å². The molecule has 0 spiro atoms. The highest BCUT2D eigenvalue weighted by molar-refractivity contribution is 5.82. The van der Waals surface area contributed by atoms with Crippen molar-refractivity contribution in [2.24, 2.45) is 5.92 Å². The Balaban J connectivity index is 2.43. The highest BCUT2D eigenvalue weighted by Gasteiger charge is 2.54. The van der Waals surface area contributed by atoms with Gasteiger partial charge in [-0.15, -0.1) is 0 Å². The molecule has 0 aliphatic heterocycles. The number of hydrogen-bond acceptors (Lipinski definition) is 2. The Morgan fingerprint density at radius 1 is 1.26 bits per heavy atom. The summed E-state index contributed by atoms with van der Waals surface area (Å²) in [6, 6.07) is 9.10. The summed E-state index contributed by atoms with van der Waals surface area (Å²) in [5, 5.41) is 20.7. The molecule has 104 valence electrons. The predicted octanol–water partition coefficient (Wildman–Crippen LogP) is 2.97. The summed E-state index contributed by atoms with van der Waals surface area (Å²) in [4.78, 5) is 11.8. The molecular formula is C16H22O3. The molecule has 0 unspecified atom stereocenters. The van der Waals surface area contributed by atoms with Crippen LogP contribution in [0.3, 0.4) is 0 Å². The lowest BCUT2D eigenvalue weighted by atomic mass is 9.61. The Hall–Kier alpha value is -1.35. The first-order valence-corrected chi connectivity index (χ1v) is 6.91. The second kappa shape index (κ2) is 4.97. The van der Waals surface area contributed by atoms with E-state index in [2.05, 4.69) is 6.92 Å². The van der Waals surface area contributed by atoms with Crippen LogP contribution < -0.4 is 0 Å². The van der Waals surface area contributed by atoms with Crippen molar-refractivity contribution in [1.29, 1.82) is 0 Å². The third-order valence-electron chi connectivity index (χ3n) is 4.81. The van der Waals surface area contributed by atoms with Crippen LogP contribution in [0.5, 0.6) is 0 Å². The van der Waals surface area contributed by atoms with Gasteiger partial charge in [0.1, 0.15) is 5.41 Å². The van der Waals surface area contributed by atoms with Gasteiger partial charge in [-0.2, -0.15) is 0 Å². The van der Waals surface area contributed by atoms with Crippen LogP contribution in [0.1, 0.15) is 45.1 Å². The standard InChI is InChI=1S/C16H22O3/c1-12-8-10-16(19,11-9-12)15(2,14(17)18)13-6-4-3-5-7-13/h3-7,12,19H,8-11H2,1-2H3,(H,17,18)/t12?,15-,16?/m0/s1. The van der Waals surface area contributed by atoms with Crippen molar-refractivity contribution in [3.63, 3.8) is 0 Å². The first-order valence-electron chi connectivity index (χ1n) is 6.91. The molecule has 1 atom stereocenters. The SMILES string of the molecule is CC1CCC(O)([C@](C)(C(=O)O)c2ccccc2)CC1. The van der Waals surface area contributed by atoms with Gasteiger partial charge in [-0.05, 0) is 44.1 Å². The molecule has 0 heterocycles. The van der Waals surface area contributed by atoms with Gasteiger partial charge in [-0.25, -0.2) is 0 Å². The Morgan fingerprint density at radius 2 is 1.79 bits per heavy atom. The maximum Gasteiger partial charge on any atom is 0.316 e. The molecule has 0 radical (unpaired) electrons. The summed E-state index contributed by atoms with van der Waals surface area (Å²) in [6.07, 6.45) is 2.86. The maximum atomic E-state index is 11.8. The van der Waals surface area contributed by atoms with E-state index in [1.807, 2.05) is 18.2 Å². The summed E-state index contributed by atoms with van der Waals surface area (Å²) in [6.45, 7) is 3.81. The zero-order chi connectivity index (χ0) is 14.1. The van der Waals surface area contributed by atoms with E-state index in [1.54, 1.807) is 19.1 Å². The average molecular weight is 262 g/mol. The van der Waals surface area contributed by atoms with Crippen LogP contribution in [0.4, 0.5) is 0 Å². The molecule has 2 rings (SSSR count). The molecular weight excluding hydrogens is 240 g/mol. The van der Waals surface area contributed by atoms with Gasteiger partial charge in [-0.3, -0.25) is 4.79 Å². The highest BCUT2D eigenvalue weighted by Crippen LogP contribution is 2.45. The molecule has 1 aromatic rings. The fourth-order valence-corrected chi connectivity index (χ4v) is 3.10. The van der Waals surface area contributed by atoms with Crippen molar-refractivity contribution >= 4 is 5.97 Å². The van der Waals surface area contributed by atoms with Gasteiger partial charge < -0.3 is 10.2 Å². The molecule has 1 aromatic carbocycles. The lowest BCUT2D eigenvalue weighted by molar-refractivity contribution is -0.159. The van der Waals surface area contributed by atoms with Crippen molar-refractivity contribution in [3.05, 3.63) is 35.9 Å². The van der Waals surface area contributed by atoms with Crippen LogP contribution in [-0.4, -0.2) is 21.8 Å². The van der Waals surface area contributed by atoms with Gasteiger partial charge in [0.15, 0.2) is 0 Å². The number of benzene rings is 1.